The number of aromatic nitrogens is 4. The third-order valence-corrected chi connectivity index (χ3v) is 14.0. The predicted octanol–water partition coefficient (Wildman–Crippen LogP) is 8.22. The molecule has 2 aromatic heterocycles. The SMILES string of the molecule is C/C(=C\c1ccccc1)CN1CCC(N(C)c2ncc[nH]c2=O)CC1.C/C(=C\c1ccccc1)CN1CCC(N(C)c2nccn(CCN3CCCCC3)c2=O)CC1.ClCCN1CCCCC1. The van der Waals surface area contributed by atoms with E-state index in [0.29, 0.717) is 23.7 Å². The van der Waals surface area contributed by atoms with Crippen LogP contribution in [-0.2, 0) is 6.54 Å². The lowest BCUT2D eigenvalue weighted by atomic mass is 10.0. The topological polar surface area (TPSA) is 100 Å². The third-order valence-electron chi connectivity index (χ3n) is 13.8. The van der Waals surface area contributed by atoms with Crippen LogP contribution in [0.1, 0.15) is 89.2 Å². The lowest BCUT2D eigenvalue weighted by Gasteiger charge is -2.37. The van der Waals surface area contributed by atoms with Crippen molar-refractivity contribution >= 4 is 35.4 Å². The van der Waals surface area contributed by atoms with Crippen LogP contribution < -0.4 is 20.9 Å². The molecule has 0 bridgehead atoms. The largest absolute Gasteiger partial charge is 0.352 e. The Hall–Kier alpha value is -4.59. The average Bonchev–Trinajstić information content (AvgIpc) is 3.36. The van der Waals surface area contributed by atoms with Gasteiger partial charge in [-0.25, -0.2) is 9.97 Å². The number of rotatable bonds is 15. The van der Waals surface area contributed by atoms with Crippen LogP contribution in [0.25, 0.3) is 12.2 Å². The van der Waals surface area contributed by atoms with Crippen molar-refractivity contribution in [2.24, 2.45) is 0 Å². The molecule has 0 radical (unpaired) electrons. The summed E-state index contributed by atoms with van der Waals surface area (Å²) in [7, 11) is 4.01. The quantitative estimate of drug-likeness (QED) is 0.118. The molecule has 2 aromatic carbocycles. The highest BCUT2D eigenvalue weighted by molar-refractivity contribution is 6.18. The standard InChI is InChI=1S/C27H39N5O.C20H26N4O.C7H14ClN/c1-23(21-24-9-5-3-6-10-24)22-31-16-11-25(12-17-31)29(2)26-27(33)32(18-13-28-26)20-19-30-14-7-4-8-15-30;1-16(14-17-6-4-3-5-7-17)15-24-12-8-18(9-13-24)23(2)19-20(25)22-11-10-21-19;8-4-7-9-5-2-1-3-6-9/h3,5-6,9-10,13,18,21,25H,4,7-8,11-12,14-17,19-20,22H2,1-2H3;3-7,10-11,14,18H,8-9,12-13,15H2,1-2H3,(H,22,25);1-7H2/b23-21+;16-14+;. The summed E-state index contributed by atoms with van der Waals surface area (Å²) in [4.78, 5) is 50.5. The second-order valence-corrected chi connectivity index (χ2v) is 19.4. The molecule has 4 saturated heterocycles. The summed E-state index contributed by atoms with van der Waals surface area (Å²) >= 11 is 5.59. The van der Waals surface area contributed by atoms with Crippen molar-refractivity contribution in [3.63, 3.8) is 0 Å². The van der Waals surface area contributed by atoms with E-state index < -0.39 is 0 Å². The zero-order valence-electron chi connectivity index (χ0n) is 41.1. The number of likely N-dealkylation sites (tertiary alicyclic amines) is 4. The van der Waals surface area contributed by atoms with E-state index in [1.165, 1.54) is 73.9 Å². The molecule has 0 atom stereocenters. The molecule has 364 valence electrons. The van der Waals surface area contributed by atoms with E-state index >= 15 is 0 Å². The zero-order valence-corrected chi connectivity index (χ0v) is 41.8. The minimum atomic E-state index is -0.117. The Bertz CT molecular complexity index is 2180. The first kappa shape index (κ1) is 51.8. The summed E-state index contributed by atoms with van der Waals surface area (Å²) in [6, 6.07) is 21.7. The lowest BCUT2D eigenvalue weighted by Crippen LogP contribution is -2.46. The Labute approximate surface area is 406 Å². The number of nitrogens with one attached hydrogen (secondary N) is 1. The summed E-state index contributed by atoms with van der Waals surface area (Å²) in [6.45, 7) is 18.2. The van der Waals surface area contributed by atoms with Crippen LogP contribution >= 0.6 is 11.6 Å². The second-order valence-electron chi connectivity index (χ2n) is 19.0. The van der Waals surface area contributed by atoms with Crippen molar-refractivity contribution in [1.82, 2.24) is 39.1 Å². The van der Waals surface area contributed by atoms with E-state index in [2.05, 4.69) is 120 Å². The summed E-state index contributed by atoms with van der Waals surface area (Å²) in [5.74, 6) is 1.90. The minimum Gasteiger partial charge on any atom is -0.352 e. The van der Waals surface area contributed by atoms with Gasteiger partial charge in [-0.05, 0) is 103 Å². The van der Waals surface area contributed by atoms with Crippen molar-refractivity contribution in [2.75, 3.05) is 108 Å². The number of anilines is 2. The lowest BCUT2D eigenvalue weighted by molar-refractivity contribution is 0.219. The minimum absolute atomic E-state index is 0.0427. The van der Waals surface area contributed by atoms with E-state index in [1.807, 2.05) is 35.8 Å². The zero-order chi connectivity index (χ0) is 47.2. The van der Waals surface area contributed by atoms with Crippen molar-refractivity contribution in [3.8, 4) is 0 Å². The molecule has 4 aliphatic heterocycles. The molecule has 4 fully saturated rings. The van der Waals surface area contributed by atoms with Crippen LogP contribution in [0.15, 0.2) is 106 Å². The van der Waals surface area contributed by atoms with Crippen molar-refractivity contribution < 1.29 is 0 Å². The van der Waals surface area contributed by atoms with Gasteiger partial charge in [0.25, 0.3) is 11.1 Å². The molecule has 8 rings (SSSR count). The van der Waals surface area contributed by atoms with Crippen LogP contribution in [0.5, 0.6) is 0 Å². The maximum Gasteiger partial charge on any atom is 0.293 e. The Morgan fingerprint density at radius 1 is 0.612 bits per heavy atom. The van der Waals surface area contributed by atoms with Crippen LogP contribution in [0.2, 0.25) is 0 Å². The number of benzene rings is 2. The van der Waals surface area contributed by atoms with Gasteiger partial charge in [0.1, 0.15) is 0 Å². The van der Waals surface area contributed by atoms with Crippen LogP contribution in [0, 0.1) is 0 Å². The molecule has 0 aliphatic carbocycles. The number of nitrogens with zero attached hydrogens (tertiary/aromatic N) is 9. The number of alkyl halides is 1. The van der Waals surface area contributed by atoms with Crippen molar-refractivity contribution in [1.29, 1.82) is 0 Å². The number of piperidine rings is 4. The highest BCUT2D eigenvalue weighted by Crippen LogP contribution is 2.21. The van der Waals surface area contributed by atoms with Gasteiger partial charge in [-0.2, -0.15) is 0 Å². The van der Waals surface area contributed by atoms with Gasteiger partial charge in [-0.15, -0.1) is 11.6 Å². The molecule has 0 saturated carbocycles. The molecule has 13 heteroatoms. The first-order valence-corrected chi connectivity index (χ1v) is 25.6. The number of hydrogen-bond donors (Lipinski definition) is 1. The fraction of sp³-hybridized carbons (Fsp3) is 0.556. The number of halogens is 1. The number of aromatic amines is 1. The summed E-state index contributed by atoms with van der Waals surface area (Å²) in [5.41, 5.74) is 5.20. The molecule has 6 heterocycles. The Morgan fingerprint density at radius 3 is 1.55 bits per heavy atom. The van der Waals surface area contributed by atoms with E-state index in [1.54, 1.807) is 18.6 Å². The molecule has 67 heavy (non-hydrogen) atoms. The molecule has 0 spiro atoms. The Morgan fingerprint density at radius 2 is 1.07 bits per heavy atom. The van der Waals surface area contributed by atoms with E-state index in [4.69, 9.17) is 11.6 Å². The molecule has 0 amide bonds. The van der Waals surface area contributed by atoms with Gasteiger partial charge in [-0.1, -0.05) is 96.8 Å². The highest BCUT2D eigenvalue weighted by atomic mass is 35.5. The predicted molar refractivity (Wildman–Crippen MR) is 281 cm³/mol. The van der Waals surface area contributed by atoms with Crippen LogP contribution in [0.4, 0.5) is 11.6 Å². The molecule has 12 nitrogen and oxygen atoms in total. The summed E-state index contributed by atoms with van der Waals surface area (Å²) in [5, 5.41) is 0. The molecule has 4 aliphatic rings. The molecular weight excluding hydrogens is 856 g/mol. The maximum absolute atomic E-state index is 13.1. The van der Waals surface area contributed by atoms with E-state index in [-0.39, 0.29) is 11.1 Å². The fourth-order valence-corrected chi connectivity index (χ4v) is 10.2. The Balaban J connectivity index is 0.000000191. The molecular formula is C54H79ClN10O2. The fourth-order valence-electron chi connectivity index (χ4n) is 9.92. The molecule has 1 N–H and O–H groups in total. The van der Waals surface area contributed by atoms with Gasteiger partial charge in [0.05, 0.1) is 0 Å². The van der Waals surface area contributed by atoms with Crippen molar-refractivity contribution in [2.45, 2.75) is 96.7 Å². The van der Waals surface area contributed by atoms with Crippen molar-refractivity contribution in [3.05, 3.63) is 128 Å². The van der Waals surface area contributed by atoms with Gasteiger partial charge in [-0.3, -0.25) is 19.4 Å². The second kappa shape index (κ2) is 28.0. The first-order chi connectivity index (χ1) is 32.7. The average molecular weight is 936 g/mol. The van der Waals surface area contributed by atoms with Gasteiger partial charge < -0.3 is 29.2 Å². The summed E-state index contributed by atoms with van der Waals surface area (Å²) < 4.78 is 1.85. The van der Waals surface area contributed by atoms with Gasteiger partial charge in [0, 0.05) is 116 Å². The van der Waals surface area contributed by atoms with Gasteiger partial charge in [0.2, 0.25) is 0 Å². The van der Waals surface area contributed by atoms with E-state index in [9.17, 15) is 9.59 Å². The monoisotopic (exact) mass is 935 g/mol. The number of H-pyrrole nitrogens is 1. The normalized spacial score (nSPS) is 18.6. The highest BCUT2D eigenvalue weighted by Gasteiger charge is 2.26. The van der Waals surface area contributed by atoms with Crippen LogP contribution in [0.3, 0.4) is 0 Å². The summed E-state index contributed by atoms with van der Waals surface area (Å²) in [6.07, 6.45) is 23.6. The van der Waals surface area contributed by atoms with Gasteiger partial charge in [0.15, 0.2) is 11.6 Å². The molecule has 0 unspecified atom stereocenters. The Kier molecular flexibility index (Phi) is 21.7. The maximum atomic E-state index is 13.1. The van der Waals surface area contributed by atoms with Gasteiger partial charge >= 0.3 is 0 Å². The van der Waals surface area contributed by atoms with Crippen LogP contribution in [-0.4, -0.2) is 150 Å². The molecule has 4 aromatic rings. The first-order valence-electron chi connectivity index (χ1n) is 25.1. The van der Waals surface area contributed by atoms with E-state index in [0.717, 1.165) is 104 Å². The smallest absolute Gasteiger partial charge is 0.293 e. The number of hydrogen-bond acceptors (Lipinski definition) is 10. The third kappa shape index (κ3) is 17.2.